The highest BCUT2D eigenvalue weighted by molar-refractivity contribution is 14.1. The zero-order chi connectivity index (χ0) is 9.10. The van der Waals surface area contributed by atoms with Gasteiger partial charge in [0, 0.05) is 3.92 Å². The van der Waals surface area contributed by atoms with Crippen LogP contribution in [-0.4, -0.2) is 3.92 Å². The maximum atomic E-state index is 2.52. The molecule has 2 atom stereocenters. The molecule has 2 unspecified atom stereocenters. The molecule has 0 aromatic rings. The van der Waals surface area contributed by atoms with Crippen LogP contribution in [0.3, 0.4) is 0 Å². The molecular formula is C12H15I. The third-order valence-corrected chi connectivity index (χ3v) is 3.65. The van der Waals surface area contributed by atoms with Crippen molar-refractivity contribution >= 4 is 22.6 Å². The van der Waals surface area contributed by atoms with Gasteiger partial charge in [0.25, 0.3) is 0 Å². The summed E-state index contributed by atoms with van der Waals surface area (Å²) >= 11 is 2.52. The van der Waals surface area contributed by atoms with Gasteiger partial charge >= 0.3 is 0 Å². The maximum Gasteiger partial charge on any atom is 0.0329 e. The lowest BCUT2D eigenvalue weighted by Gasteiger charge is -2.22. The van der Waals surface area contributed by atoms with Gasteiger partial charge in [-0.15, -0.1) is 0 Å². The summed E-state index contributed by atoms with van der Waals surface area (Å²) in [5.41, 5.74) is 1.58. The highest BCUT2D eigenvalue weighted by atomic mass is 127. The van der Waals surface area contributed by atoms with Gasteiger partial charge < -0.3 is 0 Å². The van der Waals surface area contributed by atoms with Crippen molar-refractivity contribution in [2.75, 3.05) is 0 Å². The Morgan fingerprint density at radius 2 is 2.08 bits per heavy atom. The number of hydrogen-bond donors (Lipinski definition) is 0. The monoisotopic (exact) mass is 286 g/mol. The molecule has 1 heteroatoms. The van der Waals surface area contributed by atoms with E-state index in [1.165, 1.54) is 25.7 Å². The van der Waals surface area contributed by atoms with Gasteiger partial charge in [-0.05, 0) is 37.2 Å². The lowest BCUT2D eigenvalue weighted by molar-refractivity contribution is 0.560. The van der Waals surface area contributed by atoms with Crippen LogP contribution in [0.1, 0.15) is 25.7 Å². The minimum Gasteiger partial charge on any atom is -0.0885 e. The summed E-state index contributed by atoms with van der Waals surface area (Å²) in [5.74, 6) is 0.804. The molecule has 0 aromatic carbocycles. The Morgan fingerprint density at radius 3 is 2.77 bits per heavy atom. The van der Waals surface area contributed by atoms with E-state index in [1.54, 1.807) is 5.57 Å². The molecule has 0 fully saturated rings. The van der Waals surface area contributed by atoms with Crippen LogP contribution < -0.4 is 0 Å². The van der Waals surface area contributed by atoms with Crippen LogP contribution in [0, 0.1) is 5.92 Å². The average Bonchev–Trinajstić information content (AvgIpc) is 2.19. The van der Waals surface area contributed by atoms with Crippen molar-refractivity contribution in [3.8, 4) is 0 Å². The van der Waals surface area contributed by atoms with Crippen molar-refractivity contribution in [1.82, 2.24) is 0 Å². The van der Waals surface area contributed by atoms with E-state index in [4.69, 9.17) is 0 Å². The summed E-state index contributed by atoms with van der Waals surface area (Å²) in [6.45, 7) is 0. The first kappa shape index (κ1) is 9.50. The van der Waals surface area contributed by atoms with Gasteiger partial charge in [0.15, 0.2) is 0 Å². The highest BCUT2D eigenvalue weighted by Crippen LogP contribution is 2.30. The van der Waals surface area contributed by atoms with Gasteiger partial charge in [0.05, 0.1) is 0 Å². The van der Waals surface area contributed by atoms with Gasteiger partial charge in [-0.3, -0.25) is 0 Å². The van der Waals surface area contributed by atoms with E-state index in [0.29, 0.717) is 0 Å². The SMILES string of the molecule is IC1C=C(C2CC=CCC2)C=CC1. The van der Waals surface area contributed by atoms with Crippen molar-refractivity contribution in [2.45, 2.75) is 29.6 Å². The summed E-state index contributed by atoms with van der Waals surface area (Å²) in [4.78, 5) is 0. The Balaban J connectivity index is 2.07. The molecule has 0 heterocycles. The Kier molecular flexibility index (Phi) is 3.25. The third kappa shape index (κ3) is 2.46. The van der Waals surface area contributed by atoms with Crippen LogP contribution in [0.25, 0.3) is 0 Å². The molecule has 0 amide bonds. The topological polar surface area (TPSA) is 0 Å². The van der Waals surface area contributed by atoms with Crippen LogP contribution in [0.4, 0.5) is 0 Å². The molecule has 0 bridgehead atoms. The smallest absolute Gasteiger partial charge is 0.0329 e. The fourth-order valence-corrected chi connectivity index (χ4v) is 2.74. The Hall–Kier alpha value is -0.0500. The largest absolute Gasteiger partial charge is 0.0885 e. The number of alkyl halides is 1. The predicted molar refractivity (Wildman–Crippen MR) is 66.1 cm³/mol. The van der Waals surface area contributed by atoms with Crippen molar-refractivity contribution in [1.29, 1.82) is 0 Å². The normalized spacial score (nSPS) is 33.2. The second kappa shape index (κ2) is 4.45. The number of halogens is 1. The summed E-state index contributed by atoms with van der Waals surface area (Å²) < 4.78 is 0.725. The van der Waals surface area contributed by atoms with E-state index < -0.39 is 0 Å². The van der Waals surface area contributed by atoms with Crippen molar-refractivity contribution in [3.05, 3.63) is 36.0 Å². The summed E-state index contributed by atoms with van der Waals surface area (Å²) in [7, 11) is 0. The standard InChI is InChI=1S/C12H15I/c13-12-8-4-7-11(9-12)10-5-2-1-3-6-10/h1-2,4,7,9-10,12H,3,5-6,8H2. The molecule has 0 saturated heterocycles. The first-order valence-corrected chi connectivity index (χ1v) is 6.28. The number of rotatable bonds is 1. The molecule has 0 aromatic heterocycles. The van der Waals surface area contributed by atoms with E-state index in [0.717, 1.165) is 9.84 Å². The predicted octanol–water partition coefficient (Wildman–Crippen LogP) is 4.03. The van der Waals surface area contributed by atoms with Crippen LogP contribution in [0.5, 0.6) is 0 Å². The van der Waals surface area contributed by atoms with Crippen molar-refractivity contribution < 1.29 is 0 Å². The highest BCUT2D eigenvalue weighted by Gasteiger charge is 2.15. The number of hydrogen-bond acceptors (Lipinski definition) is 0. The molecule has 2 rings (SSSR count). The molecule has 0 saturated carbocycles. The van der Waals surface area contributed by atoms with Gasteiger partial charge in [-0.2, -0.15) is 0 Å². The summed E-state index contributed by atoms with van der Waals surface area (Å²) in [6.07, 6.45) is 16.8. The van der Waals surface area contributed by atoms with Crippen LogP contribution in [0.15, 0.2) is 36.0 Å². The quantitative estimate of drug-likeness (QED) is 0.388. The fourth-order valence-electron chi connectivity index (χ4n) is 2.04. The van der Waals surface area contributed by atoms with E-state index in [-0.39, 0.29) is 0 Å². The second-order valence-corrected chi connectivity index (χ2v) is 5.40. The molecule has 2 aliphatic carbocycles. The summed E-state index contributed by atoms with van der Waals surface area (Å²) in [5, 5.41) is 0. The van der Waals surface area contributed by atoms with Crippen molar-refractivity contribution in [3.63, 3.8) is 0 Å². The number of allylic oxidation sites excluding steroid dienone is 6. The van der Waals surface area contributed by atoms with Gasteiger partial charge in [0.2, 0.25) is 0 Å². The molecule has 0 N–H and O–H groups in total. The van der Waals surface area contributed by atoms with Crippen LogP contribution in [-0.2, 0) is 0 Å². The minimum atomic E-state index is 0.725. The van der Waals surface area contributed by atoms with E-state index >= 15 is 0 Å². The molecule has 2 aliphatic rings. The molecule has 0 aliphatic heterocycles. The maximum absolute atomic E-state index is 2.52. The summed E-state index contributed by atoms with van der Waals surface area (Å²) in [6, 6.07) is 0. The van der Waals surface area contributed by atoms with Crippen LogP contribution in [0.2, 0.25) is 0 Å². The average molecular weight is 286 g/mol. The van der Waals surface area contributed by atoms with Gasteiger partial charge in [-0.25, -0.2) is 0 Å². The molecular weight excluding hydrogens is 271 g/mol. The van der Waals surface area contributed by atoms with Crippen LogP contribution >= 0.6 is 22.6 Å². The Labute approximate surface area is 93.9 Å². The fraction of sp³-hybridized carbons (Fsp3) is 0.500. The van der Waals surface area contributed by atoms with E-state index in [2.05, 4.69) is 53.0 Å². The van der Waals surface area contributed by atoms with Gasteiger partial charge in [0.1, 0.15) is 0 Å². The Morgan fingerprint density at radius 1 is 1.15 bits per heavy atom. The zero-order valence-corrected chi connectivity index (χ0v) is 9.91. The lowest BCUT2D eigenvalue weighted by atomic mass is 9.85. The van der Waals surface area contributed by atoms with Gasteiger partial charge in [-0.1, -0.05) is 53.0 Å². The molecule has 70 valence electrons. The molecule has 0 spiro atoms. The van der Waals surface area contributed by atoms with E-state index in [1.807, 2.05) is 0 Å². The Bertz CT molecular complexity index is 260. The molecule has 0 radical (unpaired) electrons. The zero-order valence-electron chi connectivity index (χ0n) is 7.75. The first-order chi connectivity index (χ1) is 6.36. The third-order valence-electron chi connectivity index (χ3n) is 2.79. The molecule has 0 nitrogen and oxygen atoms in total. The second-order valence-electron chi connectivity index (χ2n) is 3.80. The van der Waals surface area contributed by atoms with Crippen molar-refractivity contribution in [2.24, 2.45) is 5.92 Å². The first-order valence-electron chi connectivity index (χ1n) is 5.03. The lowest BCUT2D eigenvalue weighted by Crippen LogP contribution is -2.09. The molecule has 13 heavy (non-hydrogen) atoms. The minimum absolute atomic E-state index is 0.725. The van der Waals surface area contributed by atoms with E-state index in [9.17, 15) is 0 Å².